The highest BCUT2D eigenvalue weighted by Gasteiger charge is 2.39. The summed E-state index contributed by atoms with van der Waals surface area (Å²) >= 11 is 5.75. The Kier molecular flexibility index (Phi) is 3.48. The molecule has 0 aliphatic carbocycles. The molecule has 0 fully saturated rings. The molecule has 1 amide bonds. The van der Waals surface area contributed by atoms with Crippen molar-refractivity contribution >= 4 is 23.2 Å². The van der Waals surface area contributed by atoms with E-state index in [1.165, 1.54) is 6.07 Å². The minimum absolute atomic E-state index is 0.00501. The summed E-state index contributed by atoms with van der Waals surface area (Å²) in [5.74, 6) is -2.03. The van der Waals surface area contributed by atoms with Crippen LogP contribution in [0, 0.1) is 13.8 Å². The van der Waals surface area contributed by atoms with Crippen LogP contribution in [0.2, 0.25) is 5.02 Å². The van der Waals surface area contributed by atoms with Gasteiger partial charge in [-0.25, -0.2) is 0 Å². The maximum Gasteiger partial charge on any atom is 0.471 e. The molecule has 0 saturated carbocycles. The van der Waals surface area contributed by atoms with Gasteiger partial charge in [-0.3, -0.25) is 4.79 Å². The molecule has 0 aliphatic heterocycles. The zero-order valence-corrected chi connectivity index (χ0v) is 9.33. The van der Waals surface area contributed by atoms with Gasteiger partial charge in [0.05, 0.1) is 10.7 Å². The predicted octanol–water partition coefficient (Wildman–Crippen LogP) is 3.46. The summed E-state index contributed by atoms with van der Waals surface area (Å²) in [5, 5.41) is 1.84. The Balaban J connectivity index is 3.03. The van der Waals surface area contributed by atoms with Gasteiger partial charge < -0.3 is 5.32 Å². The lowest BCUT2D eigenvalue weighted by atomic mass is 10.1. The molecule has 1 rings (SSSR count). The molecule has 1 aromatic carbocycles. The van der Waals surface area contributed by atoms with Crippen molar-refractivity contribution < 1.29 is 18.0 Å². The van der Waals surface area contributed by atoms with Gasteiger partial charge in [0.15, 0.2) is 0 Å². The molecule has 0 unspecified atom stereocenters. The third-order valence-electron chi connectivity index (χ3n) is 1.93. The van der Waals surface area contributed by atoms with Crippen LogP contribution in [-0.2, 0) is 4.79 Å². The molecule has 0 aliphatic rings. The van der Waals surface area contributed by atoms with Gasteiger partial charge in [-0.05, 0) is 31.0 Å². The molecular formula is C10H9ClF3NO. The maximum atomic E-state index is 12.0. The molecule has 0 aromatic heterocycles. The van der Waals surface area contributed by atoms with Crippen LogP contribution >= 0.6 is 11.6 Å². The first-order valence-corrected chi connectivity index (χ1v) is 4.74. The Labute approximate surface area is 95.4 Å². The van der Waals surface area contributed by atoms with Crippen molar-refractivity contribution in [3.8, 4) is 0 Å². The number of carbonyl (C=O) groups excluding carboxylic acids is 1. The number of rotatable bonds is 1. The van der Waals surface area contributed by atoms with Crippen molar-refractivity contribution in [3.63, 3.8) is 0 Å². The molecule has 6 heteroatoms. The van der Waals surface area contributed by atoms with Crippen LogP contribution in [0.3, 0.4) is 0 Å². The zero-order chi connectivity index (χ0) is 12.5. The Bertz CT molecular complexity index is 406. The predicted molar refractivity (Wildman–Crippen MR) is 55.6 cm³/mol. The van der Waals surface area contributed by atoms with Crippen LogP contribution in [0.1, 0.15) is 11.1 Å². The van der Waals surface area contributed by atoms with E-state index in [2.05, 4.69) is 0 Å². The smallest absolute Gasteiger partial charge is 0.317 e. The van der Waals surface area contributed by atoms with Crippen LogP contribution in [0.4, 0.5) is 18.9 Å². The first-order chi connectivity index (χ1) is 7.21. The number of halogens is 4. The summed E-state index contributed by atoms with van der Waals surface area (Å²) < 4.78 is 36.1. The molecule has 1 aromatic rings. The van der Waals surface area contributed by atoms with Gasteiger partial charge in [-0.15, -0.1) is 0 Å². The molecule has 0 atom stereocenters. The second-order valence-corrected chi connectivity index (χ2v) is 3.80. The van der Waals surface area contributed by atoms with E-state index in [1.54, 1.807) is 25.2 Å². The first kappa shape index (κ1) is 12.8. The summed E-state index contributed by atoms with van der Waals surface area (Å²) in [5.41, 5.74) is 1.30. The van der Waals surface area contributed by atoms with Gasteiger partial charge in [0.25, 0.3) is 0 Å². The molecule has 0 spiro atoms. The number of aryl methyl sites for hydroxylation is 2. The largest absolute Gasteiger partial charge is 0.471 e. The second kappa shape index (κ2) is 4.33. The molecule has 2 nitrogen and oxygen atoms in total. The topological polar surface area (TPSA) is 29.1 Å². The number of benzene rings is 1. The monoisotopic (exact) mass is 251 g/mol. The molecule has 1 N–H and O–H groups in total. The normalized spacial score (nSPS) is 11.4. The Morgan fingerprint density at radius 2 is 1.88 bits per heavy atom. The quantitative estimate of drug-likeness (QED) is 0.814. The van der Waals surface area contributed by atoms with Crippen molar-refractivity contribution in [3.05, 3.63) is 28.3 Å². The second-order valence-electron chi connectivity index (χ2n) is 3.39. The fraction of sp³-hybridized carbons (Fsp3) is 0.300. The highest BCUT2D eigenvalue weighted by atomic mass is 35.5. The minimum Gasteiger partial charge on any atom is -0.317 e. The van der Waals surface area contributed by atoms with Gasteiger partial charge in [-0.1, -0.05) is 17.7 Å². The number of hydrogen-bond donors (Lipinski definition) is 1. The number of anilines is 1. The van der Waals surface area contributed by atoms with Crippen LogP contribution in [0.25, 0.3) is 0 Å². The lowest BCUT2D eigenvalue weighted by molar-refractivity contribution is -0.167. The van der Waals surface area contributed by atoms with Gasteiger partial charge in [0.2, 0.25) is 0 Å². The molecule has 0 radical (unpaired) electrons. The SMILES string of the molecule is Cc1cc(C)c(NC(=O)C(F)(F)F)c(Cl)c1. The first-order valence-electron chi connectivity index (χ1n) is 4.36. The van der Waals surface area contributed by atoms with E-state index in [1.807, 2.05) is 0 Å². The van der Waals surface area contributed by atoms with E-state index in [9.17, 15) is 18.0 Å². The number of amides is 1. The summed E-state index contributed by atoms with van der Waals surface area (Å²) in [6.45, 7) is 3.33. The lowest BCUT2D eigenvalue weighted by Gasteiger charge is -2.12. The molecule has 0 saturated heterocycles. The number of hydrogen-bond acceptors (Lipinski definition) is 1. The summed E-state index contributed by atoms with van der Waals surface area (Å²) in [6.07, 6.45) is -4.92. The van der Waals surface area contributed by atoms with E-state index in [0.717, 1.165) is 5.56 Å². The van der Waals surface area contributed by atoms with Gasteiger partial charge in [0.1, 0.15) is 0 Å². The van der Waals surface area contributed by atoms with Gasteiger partial charge in [-0.2, -0.15) is 13.2 Å². The molecular weight excluding hydrogens is 243 g/mol. The summed E-state index contributed by atoms with van der Waals surface area (Å²) in [7, 11) is 0. The van der Waals surface area contributed by atoms with Crippen molar-refractivity contribution in [1.82, 2.24) is 0 Å². The van der Waals surface area contributed by atoms with E-state index in [-0.39, 0.29) is 10.7 Å². The van der Waals surface area contributed by atoms with Crippen LogP contribution in [-0.4, -0.2) is 12.1 Å². The molecule has 16 heavy (non-hydrogen) atoms. The highest BCUT2D eigenvalue weighted by Crippen LogP contribution is 2.29. The summed E-state index contributed by atoms with van der Waals surface area (Å²) in [6, 6.07) is 3.12. The van der Waals surface area contributed by atoms with Crippen LogP contribution in [0.15, 0.2) is 12.1 Å². The fourth-order valence-electron chi connectivity index (χ4n) is 1.26. The van der Waals surface area contributed by atoms with Crippen molar-refractivity contribution in [2.75, 3.05) is 5.32 Å². The Morgan fingerprint density at radius 1 is 1.31 bits per heavy atom. The average molecular weight is 252 g/mol. The van der Waals surface area contributed by atoms with Crippen molar-refractivity contribution in [1.29, 1.82) is 0 Å². The third-order valence-corrected chi connectivity index (χ3v) is 2.23. The van der Waals surface area contributed by atoms with E-state index in [0.29, 0.717) is 5.56 Å². The van der Waals surface area contributed by atoms with E-state index >= 15 is 0 Å². The number of alkyl halides is 3. The van der Waals surface area contributed by atoms with Crippen LogP contribution < -0.4 is 5.32 Å². The summed E-state index contributed by atoms with van der Waals surface area (Å²) in [4.78, 5) is 10.7. The maximum absolute atomic E-state index is 12.0. The highest BCUT2D eigenvalue weighted by molar-refractivity contribution is 6.34. The fourth-order valence-corrected chi connectivity index (χ4v) is 1.63. The molecule has 0 bridgehead atoms. The van der Waals surface area contributed by atoms with E-state index in [4.69, 9.17) is 11.6 Å². The van der Waals surface area contributed by atoms with Gasteiger partial charge in [0, 0.05) is 0 Å². The van der Waals surface area contributed by atoms with Crippen molar-refractivity contribution in [2.45, 2.75) is 20.0 Å². The average Bonchev–Trinajstić information content (AvgIpc) is 2.08. The van der Waals surface area contributed by atoms with Crippen LogP contribution in [0.5, 0.6) is 0 Å². The molecule has 0 heterocycles. The standard InChI is InChI=1S/C10H9ClF3NO/c1-5-3-6(2)8(7(11)4-5)15-9(16)10(12,13)14/h3-4H,1-2H3,(H,15,16). The zero-order valence-electron chi connectivity index (χ0n) is 8.57. The minimum atomic E-state index is -4.92. The van der Waals surface area contributed by atoms with Gasteiger partial charge >= 0.3 is 12.1 Å². The Hall–Kier alpha value is -1.23. The van der Waals surface area contributed by atoms with E-state index < -0.39 is 12.1 Å². The molecule has 88 valence electrons. The van der Waals surface area contributed by atoms with Crippen molar-refractivity contribution in [2.24, 2.45) is 0 Å². The Morgan fingerprint density at radius 3 is 2.31 bits per heavy atom. The number of nitrogens with one attached hydrogen (secondary N) is 1. The third kappa shape index (κ3) is 2.88. The lowest BCUT2D eigenvalue weighted by Crippen LogP contribution is -2.30. The number of carbonyl (C=O) groups is 1.